The lowest BCUT2D eigenvalue weighted by Gasteiger charge is -2.18. The van der Waals surface area contributed by atoms with E-state index in [-0.39, 0.29) is 25.1 Å². The fourth-order valence-electron chi connectivity index (χ4n) is 3.04. The minimum atomic E-state index is -0.564. The SMILES string of the molecule is CCc1ccc(C(C)NCC(O)COc2cccc3ccccc23)cc1.Cl. The number of hydrogen-bond acceptors (Lipinski definition) is 3. The molecule has 0 amide bonds. The Morgan fingerprint density at radius 2 is 1.67 bits per heavy atom. The molecule has 0 radical (unpaired) electrons. The van der Waals surface area contributed by atoms with Crippen molar-refractivity contribution >= 4 is 23.2 Å². The van der Waals surface area contributed by atoms with Gasteiger partial charge in [0, 0.05) is 18.0 Å². The summed E-state index contributed by atoms with van der Waals surface area (Å²) in [5.74, 6) is 0.811. The van der Waals surface area contributed by atoms with Gasteiger partial charge in [0.15, 0.2) is 0 Å². The highest BCUT2D eigenvalue weighted by Gasteiger charge is 2.10. The van der Waals surface area contributed by atoms with Gasteiger partial charge >= 0.3 is 0 Å². The van der Waals surface area contributed by atoms with Crippen molar-refractivity contribution in [2.75, 3.05) is 13.2 Å². The van der Waals surface area contributed by atoms with Crippen LogP contribution < -0.4 is 10.1 Å². The summed E-state index contributed by atoms with van der Waals surface area (Å²) in [6.07, 6.45) is 0.484. The van der Waals surface area contributed by atoms with Crippen molar-refractivity contribution in [1.29, 1.82) is 0 Å². The molecule has 27 heavy (non-hydrogen) atoms. The van der Waals surface area contributed by atoms with Crippen LogP contribution in [0.4, 0.5) is 0 Å². The summed E-state index contributed by atoms with van der Waals surface area (Å²) in [7, 11) is 0. The molecule has 0 fully saturated rings. The predicted molar refractivity (Wildman–Crippen MR) is 115 cm³/mol. The van der Waals surface area contributed by atoms with E-state index in [9.17, 15) is 5.11 Å². The first kappa shape index (κ1) is 21.2. The van der Waals surface area contributed by atoms with Crippen LogP contribution in [-0.2, 0) is 6.42 Å². The number of aliphatic hydroxyl groups is 1. The van der Waals surface area contributed by atoms with Crippen molar-refractivity contribution < 1.29 is 9.84 Å². The van der Waals surface area contributed by atoms with Crippen LogP contribution in [0.2, 0.25) is 0 Å². The second kappa shape index (κ2) is 10.3. The van der Waals surface area contributed by atoms with Crippen molar-refractivity contribution in [2.45, 2.75) is 32.4 Å². The second-order valence-corrected chi connectivity index (χ2v) is 6.67. The fraction of sp³-hybridized carbons (Fsp3) is 0.304. The van der Waals surface area contributed by atoms with Gasteiger partial charge in [-0.25, -0.2) is 0 Å². The molecule has 4 heteroatoms. The maximum Gasteiger partial charge on any atom is 0.127 e. The number of halogens is 1. The van der Waals surface area contributed by atoms with Crippen LogP contribution in [-0.4, -0.2) is 24.4 Å². The third-order valence-electron chi connectivity index (χ3n) is 4.73. The molecule has 144 valence electrons. The third-order valence-corrected chi connectivity index (χ3v) is 4.73. The number of nitrogens with one attached hydrogen (secondary N) is 1. The lowest BCUT2D eigenvalue weighted by Crippen LogP contribution is -2.33. The van der Waals surface area contributed by atoms with E-state index < -0.39 is 6.10 Å². The van der Waals surface area contributed by atoms with E-state index in [1.165, 1.54) is 11.1 Å². The van der Waals surface area contributed by atoms with Gasteiger partial charge in [0.25, 0.3) is 0 Å². The number of aryl methyl sites for hydroxylation is 1. The highest BCUT2D eigenvalue weighted by Crippen LogP contribution is 2.25. The van der Waals surface area contributed by atoms with E-state index in [4.69, 9.17) is 4.74 Å². The second-order valence-electron chi connectivity index (χ2n) is 6.67. The van der Waals surface area contributed by atoms with E-state index in [1.807, 2.05) is 30.3 Å². The number of benzene rings is 3. The Morgan fingerprint density at radius 3 is 2.41 bits per heavy atom. The van der Waals surface area contributed by atoms with Crippen molar-refractivity contribution in [1.82, 2.24) is 5.32 Å². The maximum atomic E-state index is 10.3. The summed E-state index contributed by atoms with van der Waals surface area (Å²) < 4.78 is 5.86. The van der Waals surface area contributed by atoms with E-state index in [1.54, 1.807) is 0 Å². The van der Waals surface area contributed by atoms with Crippen molar-refractivity contribution in [3.63, 3.8) is 0 Å². The van der Waals surface area contributed by atoms with Gasteiger partial charge in [-0.1, -0.05) is 67.6 Å². The lowest BCUT2D eigenvalue weighted by molar-refractivity contribution is 0.105. The van der Waals surface area contributed by atoms with Crippen LogP contribution in [0, 0.1) is 0 Å². The standard InChI is InChI=1S/C23H27NO2.ClH/c1-3-18-11-13-19(14-12-18)17(2)24-15-21(25)16-26-23-10-6-8-20-7-4-5-9-22(20)23;/h4-14,17,21,24-25H,3,15-16H2,1-2H3;1H. The Balaban J connectivity index is 0.00000261. The molecule has 0 heterocycles. The van der Waals surface area contributed by atoms with Gasteiger partial charge in [0.2, 0.25) is 0 Å². The van der Waals surface area contributed by atoms with Crippen LogP contribution in [0.5, 0.6) is 5.75 Å². The van der Waals surface area contributed by atoms with Gasteiger partial charge in [-0.15, -0.1) is 12.4 Å². The molecule has 3 nitrogen and oxygen atoms in total. The number of aliphatic hydroxyl groups excluding tert-OH is 1. The topological polar surface area (TPSA) is 41.5 Å². The average Bonchev–Trinajstić information content (AvgIpc) is 2.70. The van der Waals surface area contributed by atoms with Gasteiger partial charge in [-0.3, -0.25) is 0 Å². The third kappa shape index (κ3) is 5.70. The maximum absolute atomic E-state index is 10.3. The van der Waals surface area contributed by atoms with Crippen molar-refractivity contribution in [3.8, 4) is 5.75 Å². The molecule has 2 unspecified atom stereocenters. The zero-order valence-corrected chi connectivity index (χ0v) is 16.7. The van der Waals surface area contributed by atoms with Crippen LogP contribution in [0.3, 0.4) is 0 Å². The predicted octanol–water partition coefficient (Wildman–Crippen LogP) is 4.91. The molecule has 2 N–H and O–H groups in total. The number of fused-ring (bicyclic) bond motifs is 1. The summed E-state index contributed by atoms with van der Waals surface area (Å²) in [6.45, 7) is 5.02. The van der Waals surface area contributed by atoms with Gasteiger partial charge in [0.05, 0.1) is 0 Å². The van der Waals surface area contributed by atoms with Gasteiger partial charge in [-0.2, -0.15) is 0 Å². The quantitative estimate of drug-likeness (QED) is 0.578. The Kier molecular flexibility index (Phi) is 8.11. The smallest absolute Gasteiger partial charge is 0.127 e. The average molecular weight is 386 g/mol. The summed E-state index contributed by atoms with van der Waals surface area (Å²) in [5.41, 5.74) is 2.56. The summed E-state index contributed by atoms with van der Waals surface area (Å²) in [4.78, 5) is 0. The molecule has 0 aliphatic heterocycles. The van der Waals surface area contributed by atoms with Crippen molar-refractivity contribution in [3.05, 3.63) is 77.9 Å². The molecule has 0 spiro atoms. The normalized spacial score (nSPS) is 13.0. The fourth-order valence-corrected chi connectivity index (χ4v) is 3.04. The molecule has 0 aliphatic carbocycles. The number of ether oxygens (including phenoxy) is 1. The summed E-state index contributed by atoms with van der Waals surface area (Å²) >= 11 is 0. The molecule has 0 saturated heterocycles. The minimum absolute atomic E-state index is 0. The van der Waals surface area contributed by atoms with Crippen LogP contribution in [0.25, 0.3) is 10.8 Å². The largest absolute Gasteiger partial charge is 0.490 e. The molecule has 3 aromatic carbocycles. The minimum Gasteiger partial charge on any atom is -0.490 e. The van der Waals surface area contributed by atoms with Gasteiger partial charge in [-0.05, 0) is 35.9 Å². The molecule has 3 rings (SSSR count). The summed E-state index contributed by atoms with van der Waals surface area (Å²) in [6, 6.07) is 22.9. The highest BCUT2D eigenvalue weighted by molar-refractivity contribution is 5.88. The Labute approximate surface area is 167 Å². The molecule has 0 saturated carbocycles. The zero-order chi connectivity index (χ0) is 18.4. The zero-order valence-electron chi connectivity index (χ0n) is 15.9. The Hall–Kier alpha value is -2.07. The molecule has 0 bridgehead atoms. The summed E-state index contributed by atoms with van der Waals surface area (Å²) in [5, 5.41) is 15.9. The lowest BCUT2D eigenvalue weighted by atomic mass is 10.0. The molecular formula is C23H28ClNO2. The van der Waals surface area contributed by atoms with E-state index in [2.05, 4.69) is 55.6 Å². The Morgan fingerprint density at radius 1 is 0.963 bits per heavy atom. The monoisotopic (exact) mass is 385 g/mol. The first-order chi connectivity index (χ1) is 12.7. The number of hydrogen-bond donors (Lipinski definition) is 2. The van der Waals surface area contributed by atoms with Gasteiger partial charge < -0.3 is 15.2 Å². The first-order valence-electron chi connectivity index (χ1n) is 9.28. The number of rotatable bonds is 8. The first-order valence-corrected chi connectivity index (χ1v) is 9.28. The molecule has 2 atom stereocenters. The van der Waals surface area contributed by atoms with E-state index >= 15 is 0 Å². The van der Waals surface area contributed by atoms with Crippen LogP contribution >= 0.6 is 12.4 Å². The Bertz CT molecular complexity index is 830. The van der Waals surface area contributed by atoms with Crippen LogP contribution in [0.15, 0.2) is 66.7 Å². The van der Waals surface area contributed by atoms with Crippen molar-refractivity contribution in [2.24, 2.45) is 0 Å². The molecule has 3 aromatic rings. The van der Waals surface area contributed by atoms with E-state index in [0.29, 0.717) is 6.54 Å². The van der Waals surface area contributed by atoms with E-state index in [0.717, 1.165) is 22.9 Å². The van der Waals surface area contributed by atoms with Gasteiger partial charge in [0.1, 0.15) is 18.5 Å². The highest BCUT2D eigenvalue weighted by atomic mass is 35.5. The van der Waals surface area contributed by atoms with Crippen LogP contribution in [0.1, 0.15) is 31.0 Å². The molecular weight excluding hydrogens is 358 g/mol. The molecule has 0 aromatic heterocycles. The molecule has 0 aliphatic rings.